The maximum absolute atomic E-state index is 13.7. The van der Waals surface area contributed by atoms with Crippen molar-refractivity contribution in [3.63, 3.8) is 0 Å². The Balaban J connectivity index is 1.98. The van der Waals surface area contributed by atoms with E-state index in [1.807, 2.05) is 25.1 Å². The Morgan fingerprint density at radius 1 is 1.15 bits per heavy atom. The topological polar surface area (TPSA) is 104 Å². The molecule has 1 amide bonds. The van der Waals surface area contributed by atoms with Crippen molar-refractivity contribution < 1.29 is 4.79 Å². The number of carbonyl (C=O) groups excluding carboxylic acids is 1. The van der Waals surface area contributed by atoms with E-state index in [1.165, 1.54) is 15.0 Å². The van der Waals surface area contributed by atoms with Crippen LogP contribution in [0, 0.1) is 0 Å². The summed E-state index contributed by atoms with van der Waals surface area (Å²) in [6.07, 6.45) is 6.25. The van der Waals surface area contributed by atoms with Crippen LogP contribution in [-0.2, 0) is 17.8 Å². The molecule has 0 aliphatic carbocycles. The summed E-state index contributed by atoms with van der Waals surface area (Å²) < 4.78 is 1.37. The van der Waals surface area contributed by atoms with Crippen LogP contribution in [0.15, 0.2) is 33.9 Å². The summed E-state index contributed by atoms with van der Waals surface area (Å²) in [5, 5.41) is 0. The van der Waals surface area contributed by atoms with Gasteiger partial charge in [0.15, 0.2) is 5.69 Å². The van der Waals surface area contributed by atoms with Gasteiger partial charge < -0.3 is 15.5 Å². The lowest BCUT2D eigenvalue weighted by Gasteiger charge is -2.38. The minimum Gasteiger partial charge on any atom is -0.383 e. The average Bonchev–Trinajstić information content (AvgIpc) is 2.79. The highest BCUT2D eigenvalue weighted by molar-refractivity contribution is 5.98. The number of para-hydroxylation sites is 1. The number of amides is 1. The van der Waals surface area contributed by atoms with E-state index in [0.717, 1.165) is 50.6 Å². The average molecular weight is 456 g/mol. The van der Waals surface area contributed by atoms with E-state index in [0.29, 0.717) is 13.1 Å². The third-order valence-electron chi connectivity index (χ3n) is 6.48. The quantitative estimate of drug-likeness (QED) is 0.535. The first-order valence-electron chi connectivity index (χ1n) is 12.2. The Labute approximate surface area is 195 Å². The predicted octanol–water partition coefficient (Wildman–Crippen LogP) is 3.28. The Bertz CT molecular complexity index is 1070. The van der Waals surface area contributed by atoms with Crippen molar-refractivity contribution >= 4 is 23.1 Å². The molecule has 0 radical (unpaired) electrons. The minimum atomic E-state index is -0.609. The normalized spacial score (nSPS) is 15.4. The van der Waals surface area contributed by atoms with E-state index in [2.05, 4.69) is 29.8 Å². The Kier molecular flexibility index (Phi) is 8.36. The lowest BCUT2D eigenvalue weighted by atomic mass is 9.96. The summed E-state index contributed by atoms with van der Waals surface area (Å²) >= 11 is 0. The highest BCUT2D eigenvalue weighted by Crippen LogP contribution is 2.30. The van der Waals surface area contributed by atoms with Gasteiger partial charge in [-0.15, -0.1) is 0 Å². The monoisotopic (exact) mass is 455 g/mol. The molecule has 0 saturated carbocycles. The number of hydrogen-bond donors (Lipinski definition) is 2. The van der Waals surface area contributed by atoms with Crippen LogP contribution in [0.5, 0.6) is 0 Å². The number of fused-ring (bicyclic) bond motifs is 1. The SMILES string of the molecule is CCCCCN(C(=O)CN1c2ccccc2CCC1C)c1c(N)n(CCCC)c(=O)[nH]c1=O. The number of nitrogens with two attached hydrogens (primary N) is 1. The zero-order valence-electron chi connectivity index (χ0n) is 20.1. The first kappa shape index (κ1) is 24.6. The number of hydrogen-bond acceptors (Lipinski definition) is 5. The number of benzene rings is 1. The summed E-state index contributed by atoms with van der Waals surface area (Å²) in [7, 11) is 0. The second-order valence-electron chi connectivity index (χ2n) is 8.90. The molecule has 0 fully saturated rings. The van der Waals surface area contributed by atoms with Crippen LogP contribution in [0.3, 0.4) is 0 Å². The van der Waals surface area contributed by atoms with Gasteiger partial charge in [0, 0.05) is 24.8 Å². The van der Waals surface area contributed by atoms with Crippen molar-refractivity contribution in [3.8, 4) is 0 Å². The maximum Gasteiger partial charge on any atom is 0.330 e. The van der Waals surface area contributed by atoms with Crippen molar-refractivity contribution in [1.82, 2.24) is 9.55 Å². The molecule has 3 N–H and O–H groups in total. The van der Waals surface area contributed by atoms with E-state index in [1.54, 1.807) is 0 Å². The number of aryl methyl sites for hydroxylation is 1. The van der Waals surface area contributed by atoms with Crippen LogP contribution in [0.1, 0.15) is 64.9 Å². The van der Waals surface area contributed by atoms with E-state index >= 15 is 0 Å². The lowest BCUT2D eigenvalue weighted by molar-refractivity contribution is -0.117. The highest BCUT2D eigenvalue weighted by atomic mass is 16.2. The molecule has 1 unspecified atom stereocenters. The number of unbranched alkanes of at least 4 members (excludes halogenated alkanes) is 3. The standard InChI is InChI=1S/C25H37N5O3/c1-4-6-10-16-28(22-23(26)29(15-7-5-2)25(33)27-24(22)32)21(31)17-30-18(3)13-14-19-11-8-9-12-20(19)30/h8-9,11-12,18H,4-7,10,13-17,26H2,1-3H3,(H,27,32,33). The first-order valence-corrected chi connectivity index (χ1v) is 12.2. The van der Waals surface area contributed by atoms with Gasteiger partial charge in [-0.1, -0.05) is 51.3 Å². The molecule has 1 aromatic carbocycles. The van der Waals surface area contributed by atoms with Gasteiger partial charge in [0.05, 0.1) is 6.54 Å². The van der Waals surface area contributed by atoms with Gasteiger partial charge in [0.2, 0.25) is 5.91 Å². The highest BCUT2D eigenvalue weighted by Gasteiger charge is 2.29. The Morgan fingerprint density at radius 3 is 2.61 bits per heavy atom. The fourth-order valence-corrected chi connectivity index (χ4v) is 4.49. The molecule has 0 spiro atoms. The van der Waals surface area contributed by atoms with Crippen LogP contribution < -0.4 is 26.8 Å². The van der Waals surface area contributed by atoms with Gasteiger partial charge in [-0.2, -0.15) is 0 Å². The van der Waals surface area contributed by atoms with Crippen molar-refractivity contribution in [2.24, 2.45) is 0 Å². The third-order valence-corrected chi connectivity index (χ3v) is 6.48. The fraction of sp³-hybridized carbons (Fsp3) is 0.560. The van der Waals surface area contributed by atoms with Crippen molar-refractivity contribution in [1.29, 1.82) is 0 Å². The number of nitrogen functional groups attached to an aromatic ring is 1. The van der Waals surface area contributed by atoms with Gasteiger partial charge in [0.25, 0.3) is 5.56 Å². The van der Waals surface area contributed by atoms with Gasteiger partial charge in [-0.25, -0.2) is 4.79 Å². The van der Waals surface area contributed by atoms with Gasteiger partial charge in [-0.3, -0.25) is 19.1 Å². The molecule has 8 heteroatoms. The van der Waals surface area contributed by atoms with Crippen molar-refractivity contribution in [2.75, 3.05) is 28.6 Å². The van der Waals surface area contributed by atoms with E-state index in [9.17, 15) is 14.4 Å². The molecular weight excluding hydrogens is 418 g/mol. The molecule has 1 aromatic heterocycles. The predicted molar refractivity (Wildman–Crippen MR) is 134 cm³/mol. The third kappa shape index (κ3) is 5.49. The summed E-state index contributed by atoms with van der Waals surface area (Å²) in [6, 6.07) is 8.36. The van der Waals surface area contributed by atoms with E-state index in [-0.39, 0.29) is 30.0 Å². The second kappa shape index (κ2) is 11.2. The molecule has 1 aliphatic heterocycles. The largest absolute Gasteiger partial charge is 0.383 e. The second-order valence-corrected chi connectivity index (χ2v) is 8.90. The molecule has 3 rings (SSSR count). The van der Waals surface area contributed by atoms with Crippen LogP contribution in [0.2, 0.25) is 0 Å². The van der Waals surface area contributed by atoms with Crippen LogP contribution in [-0.4, -0.2) is 34.6 Å². The van der Waals surface area contributed by atoms with E-state index < -0.39 is 11.2 Å². The van der Waals surface area contributed by atoms with Crippen LogP contribution in [0.4, 0.5) is 17.2 Å². The molecule has 0 bridgehead atoms. The molecule has 2 heterocycles. The van der Waals surface area contributed by atoms with Gasteiger partial charge in [0.1, 0.15) is 5.82 Å². The molecule has 8 nitrogen and oxygen atoms in total. The number of carbonyl (C=O) groups is 1. The number of rotatable bonds is 10. The van der Waals surface area contributed by atoms with Gasteiger partial charge in [-0.05, 0) is 44.2 Å². The first-order chi connectivity index (χ1) is 15.9. The molecule has 0 saturated heterocycles. The van der Waals surface area contributed by atoms with Crippen LogP contribution in [0.25, 0.3) is 0 Å². The van der Waals surface area contributed by atoms with Gasteiger partial charge >= 0.3 is 5.69 Å². The molecule has 1 aliphatic rings. The minimum absolute atomic E-state index is 0.0640. The number of H-pyrrole nitrogens is 1. The summed E-state index contributed by atoms with van der Waals surface area (Å²) in [6.45, 7) is 7.17. The number of anilines is 3. The maximum atomic E-state index is 13.7. The van der Waals surface area contributed by atoms with Crippen molar-refractivity contribution in [3.05, 3.63) is 50.7 Å². The number of nitrogens with one attached hydrogen (secondary N) is 1. The molecule has 2 aromatic rings. The van der Waals surface area contributed by atoms with E-state index in [4.69, 9.17) is 5.73 Å². The molecule has 180 valence electrons. The summed E-state index contributed by atoms with van der Waals surface area (Å²) in [4.78, 5) is 44.9. The van der Waals surface area contributed by atoms with Crippen LogP contribution >= 0.6 is 0 Å². The zero-order chi connectivity index (χ0) is 24.0. The Morgan fingerprint density at radius 2 is 1.88 bits per heavy atom. The Hall–Kier alpha value is -3.03. The molecule has 33 heavy (non-hydrogen) atoms. The zero-order valence-corrected chi connectivity index (χ0v) is 20.1. The molecule has 1 atom stereocenters. The molecular formula is C25H37N5O3. The number of nitrogens with zero attached hydrogens (tertiary/aromatic N) is 3. The lowest BCUT2D eigenvalue weighted by Crippen LogP contribution is -2.48. The number of aromatic amines is 1. The summed E-state index contributed by atoms with van der Waals surface area (Å²) in [5.74, 6) is -0.123. The number of aromatic nitrogens is 2. The summed E-state index contributed by atoms with van der Waals surface area (Å²) in [5.41, 5.74) is 7.58. The smallest absolute Gasteiger partial charge is 0.330 e. The van der Waals surface area contributed by atoms with Crippen molar-refractivity contribution in [2.45, 2.75) is 78.3 Å². The fourth-order valence-electron chi connectivity index (χ4n) is 4.49.